The normalized spacial score (nSPS) is 11.9. The Labute approximate surface area is 155 Å². The maximum Gasteiger partial charge on any atom is 0.279 e. The molecule has 1 amide bonds. The van der Waals surface area contributed by atoms with Crippen LogP contribution in [-0.2, 0) is 4.79 Å². The first-order chi connectivity index (χ1) is 11.8. The van der Waals surface area contributed by atoms with E-state index >= 15 is 0 Å². The van der Waals surface area contributed by atoms with Crippen LogP contribution in [0.5, 0.6) is 0 Å². The zero-order chi connectivity index (χ0) is 18.6. The summed E-state index contributed by atoms with van der Waals surface area (Å²) < 4.78 is 13.6. The van der Waals surface area contributed by atoms with Gasteiger partial charge in [-0.2, -0.15) is 0 Å². The summed E-state index contributed by atoms with van der Waals surface area (Å²) in [5, 5.41) is 4.78. The minimum atomic E-state index is -0.549. The molecular weight excluding hydrogens is 366 g/mol. The molecular formula is C18H18Cl2FN2O2+. The first kappa shape index (κ1) is 19.4. The number of nitrogens with one attached hydrogen (secondary N) is 1. The van der Waals surface area contributed by atoms with E-state index in [1.54, 1.807) is 29.6 Å². The number of benzene rings is 2. The molecule has 0 aliphatic carbocycles. The summed E-state index contributed by atoms with van der Waals surface area (Å²) >= 11 is 11.8. The smallest absolute Gasteiger partial charge is 0.279 e. The molecule has 1 atom stereocenters. The van der Waals surface area contributed by atoms with Crippen LogP contribution in [0.1, 0.15) is 35.8 Å². The van der Waals surface area contributed by atoms with Gasteiger partial charge in [0.1, 0.15) is 11.9 Å². The number of anilines is 1. The van der Waals surface area contributed by atoms with Gasteiger partial charge >= 0.3 is 0 Å². The van der Waals surface area contributed by atoms with Gasteiger partial charge in [0.05, 0.1) is 10.0 Å². The predicted octanol–water partition coefficient (Wildman–Crippen LogP) is 3.60. The van der Waals surface area contributed by atoms with Gasteiger partial charge in [-0.05, 0) is 38.1 Å². The number of quaternary nitrogens is 1. The molecule has 2 aromatic carbocycles. The molecule has 0 heterocycles. The van der Waals surface area contributed by atoms with Crippen LogP contribution in [0.4, 0.5) is 10.1 Å². The number of carbonyl (C=O) groups excluding carboxylic acids is 2. The fourth-order valence-corrected chi connectivity index (χ4v) is 2.88. The van der Waals surface area contributed by atoms with Crippen molar-refractivity contribution in [3.05, 3.63) is 63.4 Å². The van der Waals surface area contributed by atoms with E-state index in [-0.39, 0.29) is 29.3 Å². The van der Waals surface area contributed by atoms with Crippen molar-refractivity contribution in [2.24, 2.45) is 0 Å². The number of ketones is 1. The summed E-state index contributed by atoms with van der Waals surface area (Å²) in [5.74, 6) is -0.861. The lowest BCUT2D eigenvalue weighted by atomic mass is 10.1. The molecule has 0 aliphatic heterocycles. The monoisotopic (exact) mass is 383 g/mol. The second-order valence-electron chi connectivity index (χ2n) is 5.70. The minimum Gasteiger partial charge on any atom is -0.332 e. The maximum atomic E-state index is 13.6. The summed E-state index contributed by atoms with van der Waals surface area (Å²) in [4.78, 5) is 23.4. The van der Waals surface area contributed by atoms with Crippen molar-refractivity contribution in [3.63, 3.8) is 0 Å². The highest BCUT2D eigenvalue weighted by atomic mass is 35.5. The molecule has 132 valence electrons. The van der Waals surface area contributed by atoms with E-state index in [2.05, 4.69) is 5.32 Å². The highest BCUT2D eigenvalue weighted by Gasteiger charge is 2.17. The van der Waals surface area contributed by atoms with Crippen molar-refractivity contribution < 1.29 is 19.3 Å². The molecule has 25 heavy (non-hydrogen) atoms. The lowest BCUT2D eigenvalue weighted by Gasteiger charge is -2.13. The lowest BCUT2D eigenvalue weighted by Crippen LogP contribution is -2.86. The number of halogens is 3. The van der Waals surface area contributed by atoms with Gasteiger partial charge in [0, 0.05) is 16.8 Å². The van der Waals surface area contributed by atoms with E-state index in [0.29, 0.717) is 21.8 Å². The molecule has 0 unspecified atom stereocenters. The van der Waals surface area contributed by atoms with E-state index in [0.717, 1.165) is 0 Å². The molecule has 3 N–H and O–H groups in total. The largest absolute Gasteiger partial charge is 0.332 e. The van der Waals surface area contributed by atoms with Crippen LogP contribution < -0.4 is 10.6 Å². The van der Waals surface area contributed by atoms with Gasteiger partial charge in [-0.15, -0.1) is 0 Å². The molecule has 0 bridgehead atoms. The maximum absolute atomic E-state index is 13.6. The third-order valence-corrected chi connectivity index (χ3v) is 4.36. The lowest BCUT2D eigenvalue weighted by molar-refractivity contribution is -0.682. The third kappa shape index (κ3) is 5.26. The number of Topliss-reactive ketones (excluding diaryl/α,β-unsaturated/α-hetero) is 1. The predicted molar refractivity (Wildman–Crippen MR) is 96.7 cm³/mol. The first-order valence-corrected chi connectivity index (χ1v) is 8.42. The molecule has 0 aliphatic rings. The molecule has 4 nitrogen and oxygen atoms in total. The molecule has 7 heteroatoms. The Morgan fingerprint density at radius 2 is 1.92 bits per heavy atom. The number of amides is 1. The van der Waals surface area contributed by atoms with Gasteiger partial charge in [-0.1, -0.05) is 35.3 Å². The SMILES string of the molecule is CC(=O)c1cccc(NC(=O)C[NH2+][C@@H](C)c2cc(F)c(Cl)cc2Cl)c1. The van der Waals surface area contributed by atoms with Crippen LogP contribution in [0.3, 0.4) is 0 Å². The van der Waals surface area contributed by atoms with Gasteiger partial charge in [-0.25, -0.2) is 4.39 Å². The molecule has 2 rings (SSSR count). The van der Waals surface area contributed by atoms with E-state index in [1.807, 2.05) is 6.92 Å². The number of hydrogen-bond donors (Lipinski definition) is 2. The number of rotatable bonds is 6. The van der Waals surface area contributed by atoms with Crippen LogP contribution in [0, 0.1) is 5.82 Å². The Morgan fingerprint density at radius 1 is 1.20 bits per heavy atom. The van der Waals surface area contributed by atoms with Crippen LogP contribution >= 0.6 is 23.2 Å². The van der Waals surface area contributed by atoms with Crippen molar-refractivity contribution in [2.75, 3.05) is 11.9 Å². The molecule has 0 saturated heterocycles. The highest BCUT2D eigenvalue weighted by molar-refractivity contribution is 6.35. The summed E-state index contributed by atoms with van der Waals surface area (Å²) in [7, 11) is 0. The van der Waals surface area contributed by atoms with E-state index in [1.165, 1.54) is 19.1 Å². The average molecular weight is 384 g/mol. The van der Waals surface area contributed by atoms with Gasteiger partial charge < -0.3 is 10.6 Å². The summed E-state index contributed by atoms with van der Waals surface area (Å²) in [6.07, 6.45) is 0. The first-order valence-electron chi connectivity index (χ1n) is 7.66. The Morgan fingerprint density at radius 3 is 2.60 bits per heavy atom. The average Bonchev–Trinajstić information content (AvgIpc) is 2.56. The van der Waals surface area contributed by atoms with E-state index in [4.69, 9.17) is 23.2 Å². The van der Waals surface area contributed by atoms with Gasteiger partial charge in [0.2, 0.25) is 0 Å². The molecule has 0 spiro atoms. The van der Waals surface area contributed by atoms with Crippen LogP contribution in [0.15, 0.2) is 36.4 Å². The quantitative estimate of drug-likeness (QED) is 0.591. The van der Waals surface area contributed by atoms with Crippen LogP contribution in [-0.4, -0.2) is 18.2 Å². The molecule has 0 aromatic heterocycles. The van der Waals surface area contributed by atoms with Gasteiger partial charge in [0.15, 0.2) is 12.3 Å². The van der Waals surface area contributed by atoms with Crippen LogP contribution in [0.2, 0.25) is 10.0 Å². The zero-order valence-electron chi connectivity index (χ0n) is 13.8. The summed E-state index contributed by atoms with van der Waals surface area (Å²) in [5.41, 5.74) is 1.64. The van der Waals surface area contributed by atoms with Crippen molar-refractivity contribution >= 4 is 40.6 Å². The fourth-order valence-electron chi connectivity index (χ4n) is 2.33. The summed E-state index contributed by atoms with van der Waals surface area (Å²) in [6, 6.07) is 9.12. The van der Waals surface area contributed by atoms with Crippen molar-refractivity contribution in [1.82, 2.24) is 0 Å². The number of hydrogen-bond acceptors (Lipinski definition) is 2. The Balaban J connectivity index is 1.97. The minimum absolute atomic E-state index is 0.0379. The fraction of sp³-hybridized carbons (Fsp3) is 0.222. The number of carbonyl (C=O) groups is 2. The standard InChI is InChI=1S/C18H17Cl2FN2O2/c1-10(14-7-17(21)16(20)8-15(14)19)22-9-18(25)23-13-5-3-4-12(6-13)11(2)24/h3-8,10,22H,9H2,1-2H3,(H,23,25)/p+1/t10-/m0/s1. The topological polar surface area (TPSA) is 62.8 Å². The Kier molecular flexibility index (Phi) is 6.53. The van der Waals surface area contributed by atoms with E-state index < -0.39 is 5.82 Å². The zero-order valence-corrected chi connectivity index (χ0v) is 15.3. The second-order valence-corrected chi connectivity index (χ2v) is 6.52. The third-order valence-electron chi connectivity index (χ3n) is 3.74. The van der Waals surface area contributed by atoms with Crippen molar-refractivity contribution in [2.45, 2.75) is 19.9 Å². The van der Waals surface area contributed by atoms with Gasteiger partial charge in [0.25, 0.3) is 5.91 Å². The molecule has 0 saturated carbocycles. The molecule has 0 fully saturated rings. The molecule has 0 radical (unpaired) electrons. The van der Waals surface area contributed by atoms with Crippen LogP contribution in [0.25, 0.3) is 0 Å². The molecule has 2 aromatic rings. The Hall–Kier alpha value is -1.95. The highest BCUT2D eigenvalue weighted by Crippen LogP contribution is 2.27. The summed E-state index contributed by atoms with van der Waals surface area (Å²) in [6.45, 7) is 3.40. The van der Waals surface area contributed by atoms with Crippen molar-refractivity contribution in [3.8, 4) is 0 Å². The Bertz CT molecular complexity index is 812. The second kappa shape index (κ2) is 8.43. The number of nitrogens with two attached hydrogens (primary N) is 1. The van der Waals surface area contributed by atoms with Crippen molar-refractivity contribution in [1.29, 1.82) is 0 Å². The van der Waals surface area contributed by atoms with Gasteiger partial charge in [-0.3, -0.25) is 9.59 Å². The van der Waals surface area contributed by atoms with E-state index in [9.17, 15) is 14.0 Å².